The summed E-state index contributed by atoms with van der Waals surface area (Å²) >= 11 is 0. The maximum absolute atomic E-state index is 9.38. The van der Waals surface area contributed by atoms with Crippen LogP contribution < -0.4 is 5.32 Å². The van der Waals surface area contributed by atoms with Gasteiger partial charge in [0.15, 0.2) is 5.82 Å². The van der Waals surface area contributed by atoms with Crippen molar-refractivity contribution in [3.8, 4) is 11.8 Å². The van der Waals surface area contributed by atoms with Gasteiger partial charge in [0, 0.05) is 0 Å². The number of anilines is 1. The summed E-state index contributed by atoms with van der Waals surface area (Å²) in [5.74, 6) is 0.508. The number of rotatable bonds is 4. The van der Waals surface area contributed by atoms with Gasteiger partial charge in [-0.3, -0.25) is 0 Å². The van der Waals surface area contributed by atoms with Gasteiger partial charge in [0.25, 0.3) is 0 Å². The zero-order chi connectivity index (χ0) is 17.1. The molecule has 24 heavy (non-hydrogen) atoms. The molecule has 0 saturated heterocycles. The van der Waals surface area contributed by atoms with Crippen molar-refractivity contribution in [3.63, 3.8) is 0 Å². The Morgan fingerprint density at radius 1 is 1.17 bits per heavy atom. The Bertz CT molecular complexity index is 877. The zero-order valence-corrected chi connectivity index (χ0v) is 13.7. The van der Waals surface area contributed by atoms with E-state index in [0.29, 0.717) is 11.4 Å². The topological polar surface area (TPSA) is 92.3 Å². The van der Waals surface area contributed by atoms with E-state index in [0.717, 1.165) is 22.5 Å². The van der Waals surface area contributed by atoms with Crippen LogP contribution in [0.3, 0.4) is 0 Å². The van der Waals surface area contributed by atoms with Gasteiger partial charge in [0.1, 0.15) is 24.3 Å². The zero-order valence-electron chi connectivity index (χ0n) is 13.7. The monoisotopic (exact) mass is 319 g/mol. The van der Waals surface area contributed by atoms with Crippen molar-refractivity contribution in [1.29, 1.82) is 5.26 Å². The highest BCUT2D eigenvalue weighted by atomic mass is 15.3. The molecule has 0 amide bonds. The number of nitrogens with one attached hydrogen (secondary N) is 1. The van der Waals surface area contributed by atoms with Gasteiger partial charge in [0.2, 0.25) is 0 Å². The van der Waals surface area contributed by atoms with E-state index in [4.69, 9.17) is 0 Å². The Morgan fingerprint density at radius 2 is 1.92 bits per heavy atom. The van der Waals surface area contributed by atoms with Crippen LogP contribution in [-0.2, 0) is 0 Å². The Labute approximate surface area is 140 Å². The lowest BCUT2D eigenvalue weighted by molar-refractivity contribution is 0.843. The van der Waals surface area contributed by atoms with Crippen molar-refractivity contribution >= 4 is 5.82 Å². The van der Waals surface area contributed by atoms with E-state index in [1.807, 2.05) is 45.0 Å². The summed E-state index contributed by atoms with van der Waals surface area (Å²) < 4.78 is 1.70. The summed E-state index contributed by atoms with van der Waals surface area (Å²) in [4.78, 5) is 3.94. The molecule has 3 aromatic rings. The summed E-state index contributed by atoms with van der Waals surface area (Å²) in [7, 11) is 0. The molecule has 0 aliphatic rings. The minimum Gasteiger partial charge on any atom is -0.361 e. The number of hydrogen-bond acceptors (Lipinski definition) is 6. The molecule has 2 heterocycles. The molecule has 0 bridgehead atoms. The predicted octanol–water partition coefficient (Wildman–Crippen LogP) is 2.72. The van der Waals surface area contributed by atoms with E-state index in [1.54, 1.807) is 11.0 Å². The van der Waals surface area contributed by atoms with Gasteiger partial charge in [0.05, 0.1) is 17.4 Å². The number of aromatic nitrogens is 5. The van der Waals surface area contributed by atoms with Gasteiger partial charge in [-0.25, -0.2) is 9.67 Å². The molecule has 1 unspecified atom stereocenters. The summed E-state index contributed by atoms with van der Waals surface area (Å²) in [5.41, 5.74) is 4.16. The average Bonchev–Trinajstić information content (AvgIpc) is 3.13. The Kier molecular flexibility index (Phi) is 4.20. The van der Waals surface area contributed by atoms with Gasteiger partial charge in [-0.1, -0.05) is 12.1 Å². The van der Waals surface area contributed by atoms with Gasteiger partial charge in [-0.15, -0.1) is 5.10 Å². The third kappa shape index (κ3) is 2.94. The van der Waals surface area contributed by atoms with E-state index in [-0.39, 0.29) is 6.04 Å². The molecule has 0 fully saturated rings. The molecular weight excluding hydrogens is 302 g/mol. The first-order valence-corrected chi connectivity index (χ1v) is 7.55. The fourth-order valence-electron chi connectivity index (χ4n) is 2.39. The van der Waals surface area contributed by atoms with E-state index in [9.17, 15) is 5.26 Å². The van der Waals surface area contributed by atoms with Crippen LogP contribution in [0.5, 0.6) is 0 Å². The third-order valence-corrected chi connectivity index (χ3v) is 4.00. The molecule has 0 spiro atoms. The van der Waals surface area contributed by atoms with Crippen molar-refractivity contribution < 1.29 is 0 Å². The Hall–Kier alpha value is -3.27. The first-order chi connectivity index (χ1) is 11.6. The molecule has 7 heteroatoms. The summed E-state index contributed by atoms with van der Waals surface area (Å²) in [6.07, 6.45) is 3.15. The highest BCUT2D eigenvalue weighted by molar-refractivity contribution is 5.56. The highest BCUT2D eigenvalue weighted by Crippen LogP contribution is 2.23. The van der Waals surface area contributed by atoms with E-state index >= 15 is 0 Å². The molecule has 0 saturated carbocycles. The maximum Gasteiger partial charge on any atom is 0.167 e. The predicted molar refractivity (Wildman–Crippen MR) is 89.6 cm³/mol. The fourth-order valence-corrected chi connectivity index (χ4v) is 2.39. The molecule has 1 atom stereocenters. The first-order valence-electron chi connectivity index (χ1n) is 7.55. The molecule has 0 aliphatic carbocycles. The van der Waals surface area contributed by atoms with Crippen LogP contribution in [0.15, 0.2) is 36.9 Å². The van der Waals surface area contributed by atoms with Crippen molar-refractivity contribution in [2.24, 2.45) is 0 Å². The Balaban J connectivity index is 1.82. The number of benzene rings is 1. The molecule has 2 aromatic heterocycles. The Morgan fingerprint density at radius 3 is 2.54 bits per heavy atom. The van der Waals surface area contributed by atoms with Crippen molar-refractivity contribution in [3.05, 3.63) is 59.3 Å². The normalized spacial score (nSPS) is 11.8. The lowest BCUT2D eigenvalue weighted by Gasteiger charge is -2.17. The van der Waals surface area contributed by atoms with Crippen LogP contribution in [-0.4, -0.2) is 25.0 Å². The molecule has 1 N–H and O–H groups in total. The standard InChI is InChI=1S/C17H17N7/c1-11-12(2)22-23-17(16(11)8-18)21-13(3)14-4-6-15(7-5-14)24-10-19-9-20-24/h4-7,9-10,13H,1-3H3,(H,21,23). The molecule has 120 valence electrons. The van der Waals surface area contributed by atoms with Crippen LogP contribution in [0.4, 0.5) is 5.82 Å². The van der Waals surface area contributed by atoms with Crippen LogP contribution in [0.25, 0.3) is 5.69 Å². The number of nitriles is 1. The van der Waals surface area contributed by atoms with E-state index < -0.39 is 0 Å². The SMILES string of the molecule is Cc1nnc(NC(C)c2ccc(-n3cncn3)cc2)c(C#N)c1C. The molecule has 0 aliphatic heterocycles. The van der Waals surface area contributed by atoms with Crippen molar-refractivity contribution in [1.82, 2.24) is 25.0 Å². The summed E-state index contributed by atoms with van der Waals surface area (Å²) in [6.45, 7) is 5.74. The van der Waals surface area contributed by atoms with Gasteiger partial charge < -0.3 is 5.32 Å². The minimum atomic E-state index is -0.0155. The molecular formula is C17H17N7. The first kappa shape index (κ1) is 15.6. The minimum absolute atomic E-state index is 0.0155. The molecule has 7 nitrogen and oxygen atoms in total. The second-order valence-electron chi connectivity index (χ2n) is 5.54. The fraction of sp³-hybridized carbons (Fsp3) is 0.235. The maximum atomic E-state index is 9.38. The van der Waals surface area contributed by atoms with Crippen LogP contribution in [0, 0.1) is 25.2 Å². The third-order valence-electron chi connectivity index (χ3n) is 4.00. The quantitative estimate of drug-likeness (QED) is 0.795. The number of nitrogens with zero attached hydrogens (tertiary/aromatic N) is 6. The lowest BCUT2D eigenvalue weighted by atomic mass is 10.1. The second-order valence-corrected chi connectivity index (χ2v) is 5.54. The molecule has 1 aromatic carbocycles. The summed E-state index contributed by atoms with van der Waals surface area (Å²) in [6, 6.07) is 10.2. The lowest BCUT2D eigenvalue weighted by Crippen LogP contribution is -2.12. The number of aryl methyl sites for hydroxylation is 1. The van der Waals surface area contributed by atoms with Crippen LogP contribution in [0.2, 0.25) is 0 Å². The van der Waals surface area contributed by atoms with Crippen LogP contribution >= 0.6 is 0 Å². The highest BCUT2D eigenvalue weighted by Gasteiger charge is 2.14. The average molecular weight is 319 g/mol. The molecule has 0 radical (unpaired) electrons. The van der Waals surface area contributed by atoms with Crippen molar-refractivity contribution in [2.75, 3.05) is 5.32 Å². The van der Waals surface area contributed by atoms with E-state index in [2.05, 4.69) is 31.7 Å². The van der Waals surface area contributed by atoms with Crippen molar-refractivity contribution in [2.45, 2.75) is 26.8 Å². The van der Waals surface area contributed by atoms with Crippen LogP contribution in [0.1, 0.15) is 35.3 Å². The number of hydrogen-bond donors (Lipinski definition) is 1. The van der Waals surface area contributed by atoms with Gasteiger partial charge in [-0.05, 0) is 44.0 Å². The summed E-state index contributed by atoms with van der Waals surface area (Å²) in [5, 5.41) is 25.0. The second kappa shape index (κ2) is 6.46. The molecule has 3 rings (SSSR count). The van der Waals surface area contributed by atoms with Gasteiger partial charge >= 0.3 is 0 Å². The van der Waals surface area contributed by atoms with E-state index in [1.165, 1.54) is 6.33 Å². The van der Waals surface area contributed by atoms with Gasteiger partial charge in [-0.2, -0.15) is 15.5 Å². The largest absolute Gasteiger partial charge is 0.361 e. The smallest absolute Gasteiger partial charge is 0.167 e.